The van der Waals surface area contributed by atoms with Gasteiger partial charge in [0.2, 0.25) is 0 Å². The lowest BCUT2D eigenvalue weighted by atomic mass is 9.93. The summed E-state index contributed by atoms with van der Waals surface area (Å²) in [6, 6.07) is 6.30. The van der Waals surface area contributed by atoms with E-state index in [1.807, 2.05) is 11.8 Å². The molecule has 16 heavy (non-hydrogen) atoms. The molecule has 0 unspecified atom stereocenters. The van der Waals surface area contributed by atoms with Crippen molar-refractivity contribution in [3.05, 3.63) is 30.1 Å². The molecule has 0 amide bonds. The van der Waals surface area contributed by atoms with Crippen LogP contribution >= 0.6 is 11.8 Å². The monoisotopic (exact) mass is 241 g/mol. The van der Waals surface area contributed by atoms with Crippen LogP contribution in [0.25, 0.3) is 0 Å². The van der Waals surface area contributed by atoms with Crippen LogP contribution in [0.4, 0.5) is 10.1 Å². The van der Waals surface area contributed by atoms with Crippen LogP contribution in [0.5, 0.6) is 0 Å². The van der Waals surface area contributed by atoms with Crippen LogP contribution in [0, 0.1) is 5.82 Å². The van der Waals surface area contributed by atoms with Gasteiger partial charge in [-0.25, -0.2) is 4.39 Å². The summed E-state index contributed by atoms with van der Waals surface area (Å²) in [4.78, 5) is 0. The van der Waals surface area contributed by atoms with Gasteiger partial charge < -0.3 is 10.4 Å². The molecule has 4 heteroatoms. The van der Waals surface area contributed by atoms with Crippen LogP contribution in [-0.4, -0.2) is 28.8 Å². The highest BCUT2D eigenvalue weighted by molar-refractivity contribution is 7.99. The molecule has 1 heterocycles. The maximum absolute atomic E-state index is 12.8. The van der Waals surface area contributed by atoms with Gasteiger partial charge in [0.05, 0.1) is 12.1 Å². The Morgan fingerprint density at radius 3 is 2.44 bits per heavy atom. The average Bonchev–Trinajstić information content (AvgIpc) is 2.33. The molecule has 2 rings (SSSR count). The molecule has 0 bridgehead atoms. The molecule has 1 aromatic carbocycles. The lowest BCUT2D eigenvalue weighted by Gasteiger charge is -2.37. The summed E-state index contributed by atoms with van der Waals surface area (Å²) in [7, 11) is 0. The van der Waals surface area contributed by atoms with Crippen molar-refractivity contribution in [2.24, 2.45) is 0 Å². The Bertz CT molecular complexity index is 335. The number of rotatable bonds is 3. The van der Waals surface area contributed by atoms with Gasteiger partial charge in [-0.05, 0) is 48.6 Å². The maximum Gasteiger partial charge on any atom is 0.123 e. The number of halogens is 1. The molecule has 1 aliphatic heterocycles. The smallest absolute Gasteiger partial charge is 0.123 e. The van der Waals surface area contributed by atoms with Crippen LogP contribution in [-0.2, 0) is 0 Å². The van der Waals surface area contributed by atoms with E-state index >= 15 is 0 Å². The molecule has 1 aromatic rings. The van der Waals surface area contributed by atoms with E-state index in [1.54, 1.807) is 12.1 Å². The van der Waals surface area contributed by atoms with E-state index in [1.165, 1.54) is 12.1 Å². The van der Waals surface area contributed by atoms with Gasteiger partial charge in [-0.3, -0.25) is 0 Å². The second-order valence-corrected chi connectivity index (χ2v) is 5.41. The van der Waals surface area contributed by atoms with Gasteiger partial charge in [0.15, 0.2) is 0 Å². The molecular weight excluding hydrogens is 225 g/mol. The highest BCUT2D eigenvalue weighted by atomic mass is 32.2. The number of aliphatic hydroxyl groups is 1. The Balaban J connectivity index is 2.08. The number of nitrogens with one attached hydrogen (secondary N) is 1. The summed E-state index contributed by atoms with van der Waals surface area (Å²) in [6.07, 6.45) is 1.90. The SMILES string of the molecule is OCC1(Nc2ccc(F)cc2)CCSCC1. The molecule has 0 atom stereocenters. The molecule has 0 aromatic heterocycles. The number of aliphatic hydroxyl groups excluding tert-OH is 1. The number of thioether (sulfide) groups is 1. The van der Waals surface area contributed by atoms with E-state index in [0.717, 1.165) is 30.0 Å². The molecule has 88 valence electrons. The second kappa shape index (κ2) is 5.06. The molecule has 2 nitrogen and oxygen atoms in total. The maximum atomic E-state index is 12.8. The first-order valence-electron chi connectivity index (χ1n) is 5.46. The molecule has 0 spiro atoms. The highest BCUT2D eigenvalue weighted by Gasteiger charge is 2.31. The predicted molar refractivity (Wildman–Crippen MR) is 66.4 cm³/mol. The molecule has 2 N–H and O–H groups in total. The van der Waals surface area contributed by atoms with Crippen LogP contribution < -0.4 is 5.32 Å². The van der Waals surface area contributed by atoms with Crippen LogP contribution in [0.2, 0.25) is 0 Å². The fourth-order valence-corrected chi connectivity index (χ4v) is 3.20. The molecule has 1 saturated heterocycles. The zero-order valence-electron chi connectivity index (χ0n) is 9.08. The van der Waals surface area contributed by atoms with Crippen molar-refractivity contribution in [3.8, 4) is 0 Å². The van der Waals surface area contributed by atoms with Crippen LogP contribution in [0.1, 0.15) is 12.8 Å². The van der Waals surface area contributed by atoms with Crippen molar-refractivity contribution in [2.45, 2.75) is 18.4 Å². The van der Waals surface area contributed by atoms with E-state index < -0.39 is 0 Å². The van der Waals surface area contributed by atoms with Crippen molar-refractivity contribution >= 4 is 17.4 Å². The highest BCUT2D eigenvalue weighted by Crippen LogP contribution is 2.30. The Kier molecular flexibility index (Phi) is 3.71. The number of anilines is 1. The van der Waals surface area contributed by atoms with E-state index in [4.69, 9.17) is 0 Å². The van der Waals surface area contributed by atoms with Gasteiger partial charge in [-0.15, -0.1) is 0 Å². The largest absolute Gasteiger partial charge is 0.394 e. The lowest BCUT2D eigenvalue weighted by molar-refractivity contribution is 0.202. The number of hydrogen-bond acceptors (Lipinski definition) is 3. The van der Waals surface area contributed by atoms with Crippen molar-refractivity contribution in [1.82, 2.24) is 0 Å². The van der Waals surface area contributed by atoms with Gasteiger partial charge >= 0.3 is 0 Å². The van der Waals surface area contributed by atoms with E-state index in [-0.39, 0.29) is 18.0 Å². The summed E-state index contributed by atoms with van der Waals surface area (Å²) >= 11 is 1.91. The molecule has 1 fully saturated rings. The quantitative estimate of drug-likeness (QED) is 0.852. The van der Waals surface area contributed by atoms with E-state index in [2.05, 4.69) is 5.32 Å². The predicted octanol–water partition coefficient (Wildman–Crippen LogP) is 2.50. The normalized spacial score (nSPS) is 19.4. The minimum Gasteiger partial charge on any atom is -0.394 e. The Labute approximate surface area is 99.2 Å². The first-order chi connectivity index (χ1) is 7.74. The fourth-order valence-electron chi connectivity index (χ4n) is 1.92. The van der Waals surface area contributed by atoms with Crippen molar-refractivity contribution in [1.29, 1.82) is 0 Å². The van der Waals surface area contributed by atoms with Crippen LogP contribution in [0.15, 0.2) is 24.3 Å². The summed E-state index contributed by atoms with van der Waals surface area (Å²) in [5.74, 6) is 1.89. The first kappa shape index (κ1) is 11.7. The molecule has 1 aliphatic rings. The molecule has 0 radical (unpaired) electrons. The van der Waals surface area contributed by atoms with Crippen molar-refractivity contribution in [2.75, 3.05) is 23.4 Å². The second-order valence-electron chi connectivity index (χ2n) is 4.18. The summed E-state index contributed by atoms with van der Waals surface area (Å²) < 4.78 is 12.8. The fraction of sp³-hybridized carbons (Fsp3) is 0.500. The van der Waals surface area contributed by atoms with Gasteiger partial charge in [-0.2, -0.15) is 11.8 Å². The lowest BCUT2D eigenvalue weighted by Crippen LogP contribution is -2.45. The van der Waals surface area contributed by atoms with E-state index in [9.17, 15) is 9.50 Å². The number of hydrogen-bond donors (Lipinski definition) is 2. The van der Waals surface area contributed by atoms with Crippen molar-refractivity contribution < 1.29 is 9.50 Å². The molecule has 0 aliphatic carbocycles. The molecule has 0 saturated carbocycles. The first-order valence-corrected chi connectivity index (χ1v) is 6.62. The summed E-state index contributed by atoms with van der Waals surface area (Å²) in [6.45, 7) is 0.130. The van der Waals surface area contributed by atoms with Gasteiger partial charge in [-0.1, -0.05) is 0 Å². The summed E-state index contributed by atoms with van der Waals surface area (Å²) in [5.41, 5.74) is 0.658. The minimum atomic E-state index is -0.234. The standard InChI is InChI=1S/C12H16FNOS/c13-10-1-3-11(4-2-10)14-12(9-15)5-7-16-8-6-12/h1-4,14-15H,5-9H2. The minimum absolute atomic E-state index is 0.130. The van der Waals surface area contributed by atoms with E-state index in [0.29, 0.717) is 0 Å². The van der Waals surface area contributed by atoms with Crippen molar-refractivity contribution in [3.63, 3.8) is 0 Å². The topological polar surface area (TPSA) is 32.3 Å². The third-order valence-corrected chi connectivity index (χ3v) is 3.99. The third kappa shape index (κ3) is 2.68. The summed E-state index contributed by atoms with van der Waals surface area (Å²) in [5, 5.41) is 12.9. The number of benzene rings is 1. The van der Waals surface area contributed by atoms with Gasteiger partial charge in [0.25, 0.3) is 0 Å². The average molecular weight is 241 g/mol. The van der Waals surface area contributed by atoms with Crippen LogP contribution in [0.3, 0.4) is 0 Å². The molecular formula is C12H16FNOS. The Morgan fingerprint density at radius 2 is 1.88 bits per heavy atom. The van der Waals surface area contributed by atoms with Gasteiger partial charge in [0.1, 0.15) is 5.82 Å². The zero-order chi connectivity index (χ0) is 11.4. The third-order valence-electron chi connectivity index (χ3n) is 3.01. The van der Waals surface area contributed by atoms with Gasteiger partial charge in [0, 0.05) is 5.69 Å². The zero-order valence-corrected chi connectivity index (χ0v) is 9.89. The Morgan fingerprint density at radius 1 is 1.25 bits per heavy atom. The Hall–Kier alpha value is -0.740.